The molecular weight excluding hydrogens is 620 g/mol. The van der Waals surface area contributed by atoms with Gasteiger partial charge in [-0.1, -0.05) is 22.9 Å². The molecule has 0 spiro atoms. The lowest BCUT2D eigenvalue weighted by Crippen LogP contribution is -2.43. The van der Waals surface area contributed by atoms with Crippen molar-refractivity contribution in [3.8, 4) is 23.3 Å². The summed E-state index contributed by atoms with van der Waals surface area (Å²) >= 11 is 7.61. The van der Waals surface area contributed by atoms with Crippen molar-refractivity contribution in [2.24, 2.45) is 0 Å². The molecule has 3 aliphatic heterocycles. The summed E-state index contributed by atoms with van der Waals surface area (Å²) in [6, 6.07) is 3.81. The molecule has 2 aromatic heterocycles. The van der Waals surface area contributed by atoms with Crippen LogP contribution in [0.15, 0.2) is 18.2 Å². The smallest absolute Gasteiger partial charge is 0.319 e. The van der Waals surface area contributed by atoms with Crippen molar-refractivity contribution in [3.05, 3.63) is 34.9 Å². The number of thiazole rings is 1. The molecule has 2 N–H and O–H groups in total. The third-order valence-corrected chi connectivity index (χ3v) is 10.0. The fraction of sp³-hybridized carbons (Fsp3) is 0.448. The molecule has 3 saturated heterocycles. The molecule has 15 heteroatoms. The van der Waals surface area contributed by atoms with Gasteiger partial charge in [-0.2, -0.15) is 15.2 Å². The van der Waals surface area contributed by atoms with Crippen molar-refractivity contribution in [1.82, 2.24) is 24.8 Å². The predicted molar refractivity (Wildman–Crippen MR) is 160 cm³/mol. The number of nitrogens with two attached hydrogens (primary N) is 1. The fourth-order valence-electron chi connectivity index (χ4n) is 6.84. The van der Waals surface area contributed by atoms with Gasteiger partial charge in [0, 0.05) is 29.6 Å². The number of fused-ring (bicyclic) bond motifs is 3. The van der Waals surface area contributed by atoms with Crippen LogP contribution >= 0.6 is 22.9 Å². The third-order valence-electron chi connectivity index (χ3n) is 8.83. The molecule has 44 heavy (non-hydrogen) atoms. The second-order valence-electron chi connectivity index (χ2n) is 11.6. The van der Waals surface area contributed by atoms with Gasteiger partial charge >= 0.3 is 6.01 Å². The number of halogens is 5. The molecule has 9 nitrogen and oxygen atoms in total. The maximum absolute atomic E-state index is 16.7. The SMILES string of the molecule is N#CN1CCN(c2nc(OCC34CCCN3CCC4)nc3c(F)c(-c4ccc(F)c5sc(N)nc45)c(Cl)cc23)CC(F)(F)C1. The van der Waals surface area contributed by atoms with Crippen LogP contribution in [-0.2, 0) is 0 Å². The molecule has 4 aromatic rings. The first kappa shape index (κ1) is 29.1. The summed E-state index contributed by atoms with van der Waals surface area (Å²) in [7, 11) is 0. The highest BCUT2D eigenvalue weighted by atomic mass is 35.5. The summed E-state index contributed by atoms with van der Waals surface area (Å²) in [6.45, 7) is 0.732. The Morgan fingerprint density at radius 1 is 1.05 bits per heavy atom. The zero-order valence-corrected chi connectivity index (χ0v) is 25.0. The molecule has 0 unspecified atom stereocenters. The number of nitriles is 1. The number of benzene rings is 2. The zero-order chi connectivity index (χ0) is 30.8. The van der Waals surface area contributed by atoms with Crippen molar-refractivity contribution in [1.29, 1.82) is 5.26 Å². The Balaban J connectivity index is 1.38. The third kappa shape index (κ3) is 4.91. The predicted octanol–water partition coefficient (Wildman–Crippen LogP) is 5.67. The van der Waals surface area contributed by atoms with E-state index in [-0.39, 0.29) is 79.5 Å². The van der Waals surface area contributed by atoms with E-state index in [1.807, 2.05) is 0 Å². The number of aromatic nitrogens is 3. The van der Waals surface area contributed by atoms with Crippen molar-refractivity contribution >= 4 is 55.0 Å². The van der Waals surface area contributed by atoms with Crippen molar-refractivity contribution in [2.45, 2.75) is 37.1 Å². The summed E-state index contributed by atoms with van der Waals surface area (Å²) in [5, 5.41) is 9.48. The summed E-state index contributed by atoms with van der Waals surface area (Å²) in [5.41, 5.74) is 5.76. The van der Waals surface area contributed by atoms with Crippen molar-refractivity contribution < 1.29 is 22.3 Å². The fourth-order valence-corrected chi connectivity index (χ4v) is 7.90. The second kappa shape index (κ2) is 10.7. The number of hydrogen-bond donors (Lipinski definition) is 1. The van der Waals surface area contributed by atoms with E-state index in [4.69, 9.17) is 22.1 Å². The maximum Gasteiger partial charge on any atom is 0.319 e. The molecule has 2 aromatic carbocycles. The van der Waals surface area contributed by atoms with Crippen LogP contribution in [0.5, 0.6) is 6.01 Å². The number of alkyl halides is 2. The molecule has 0 bridgehead atoms. The minimum absolute atomic E-state index is 0.0129. The minimum atomic E-state index is -3.26. The van der Waals surface area contributed by atoms with Gasteiger partial charge in [0.2, 0.25) is 0 Å². The number of nitrogens with zero attached hydrogens (tertiary/aromatic N) is 7. The summed E-state index contributed by atoms with van der Waals surface area (Å²) < 4.78 is 67.6. The quantitative estimate of drug-likeness (QED) is 0.217. The second-order valence-corrected chi connectivity index (χ2v) is 13.0. The highest BCUT2D eigenvalue weighted by Crippen LogP contribution is 2.44. The number of rotatable bonds is 5. The lowest BCUT2D eigenvalue weighted by atomic mass is 9.95. The van der Waals surface area contributed by atoms with E-state index in [1.165, 1.54) is 23.1 Å². The average Bonchev–Trinajstić information content (AvgIpc) is 3.66. The monoisotopic (exact) mass is 646 g/mol. The van der Waals surface area contributed by atoms with Gasteiger partial charge in [0.15, 0.2) is 17.1 Å². The van der Waals surface area contributed by atoms with Crippen LogP contribution in [-0.4, -0.2) is 82.1 Å². The van der Waals surface area contributed by atoms with E-state index in [0.29, 0.717) is 0 Å². The van der Waals surface area contributed by atoms with Crippen LogP contribution in [0, 0.1) is 23.1 Å². The summed E-state index contributed by atoms with van der Waals surface area (Å²) in [4.78, 5) is 17.9. The van der Waals surface area contributed by atoms with Gasteiger partial charge in [-0.25, -0.2) is 22.5 Å². The maximum atomic E-state index is 16.7. The van der Waals surface area contributed by atoms with E-state index in [2.05, 4.69) is 19.9 Å². The molecule has 0 amide bonds. The Kier molecular flexibility index (Phi) is 7.10. The van der Waals surface area contributed by atoms with E-state index < -0.39 is 30.6 Å². The van der Waals surface area contributed by atoms with Crippen molar-refractivity contribution in [2.75, 3.05) is 56.5 Å². The van der Waals surface area contributed by atoms with Gasteiger partial charge in [0.25, 0.3) is 5.92 Å². The Labute approximate surface area is 258 Å². The van der Waals surface area contributed by atoms with Crippen LogP contribution in [0.4, 0.5) is 28.5 Å². The molecule has 3 fully saturated rings. The number of anilines is 2. The average molecular weight is 647 g/mol. The Morgan fingerprint density at radius 2 is 1.82 bits per heavy atom. The van der Waals surface area contributed by atoms with Crippen molar-refractivity contribution in [3.63, 3.8) is 0 Å². The van der Waals surface area contributed by atoms with Crippen LogP contribution < -0.4 is 15.4 Å². The van der Waals surface area contributed by atoms with Gasteiger partial charge in [0.1, 0.15) is 23.8 Å². The molecule has 7 rings (SSSR count). The van der Waals surface area contributed by atoms with Crippen LogP contribution in [0.2, 0.25) is 5.02 Å². The molecule has 5 heterocycles. The number of hydrogen-bond acceptors (Lipinski definition) is 10. The Bertz CT molecular complexity index is 1820. The molecular formula is C29H27ClF4N8OS. The normalized spacial score (nSPS) is 19.8. The van der Waals surface area contributed by atoms with Gasteiger partial charge < -0.3 is 20.3 Å². The topological polar surface area (TPSA) is 107 Å². The van der Waals surface area contributed by atoms with Crippen LogP contribution in [0.25, 0.3) is 32.2 Å². The van der Waals surface area contributed by atoms with Gasteiger partial charge in [0.05, 0.1) is 33.9 Å². The Hall–Kier alpha value is -3.67. The highest BCUT2D eigenvalue weighted by molar-refractivity contribution is 7.22. The minimum Gasteiger partial charge on any atom is -0.461 e. The number of ether oxygens (including phenoxy) is 1. The first-order valence-corrected chi connectivity index (χ1v) is 15.5. The van der Waals surface area contributed by atoms with E-state index in [1.54, 1.807) is 6.19 Å². The summed E-state index contributed by atoms with van der Waals surface area (Å²) in [6.07, 6.45) is 5.76. The molecule has 230 valence electrons. The van der Waals surface area contributed by atoms with E-state index in [0.717, 1.165) is 55.0 Å². The highest BCUT2D eigenvalue weighted by Gasteiger charge is 2.45. The molecule has 0 atom stereocenters. The van der Waals surface area contributed by atoms with Gasteiger partial charge in [-0.15, -0.1) is 0 Å². The summed E-state index contributed by atoms with van der Waals surface area (Å²) in [5.74, 6) is -4.66. The first-order chi connectivity index (χ1) is 21.1. The van der Waals surface area contributed by atoms with Gasteiger partial charge in [-0.3, -0.25) is 4.90 Å². The Morgan fingerprint density at radius 3 is 2.57 bits per heavy atom. The standard InChI is InChI=1S/C29H27ClF4N8OS/c30-18-11-17-22(21(32)20(18)16-3-4-19(31)24-23(16)37-26(36)44-24)38-27(43-14-28-5-1-7-42(28)8-2-6-28)39-25(17)41-10-9-40(15-35)12-29(33,34)13-41/h3-4,11H,1-2,5-10,12-14H2,(H2,36,37). The molecule has 3 aliphatic rings. The molecule has 0 saturated carbocycles. The van der Waals surface area contributed by atoms with Gasteiger partial charge in [-0.05, 0) is 57.0 Å². The largest absolute Gasteiger partial charge is 0.461 e. The van der Waals surface area contributed by atoms with E-state index in [9.17, 15) is 9.65 Å². The lowest BCUT2D eigenvalue weighted by molar-refractivity contribution is -0.00394. The van der Waals surface area contributed by atoms with Crippen LogP contribution in [0.3, 0.4) is 0 Å². The van der Waals surface area contributed by atoms with E-state index >= 15 is 13.2 Å². The lowest BCUT2D eigenvalue weighted by Gasteiger charge is -2.31. The molecule has 0 radical (unpaired) electrons. The zero-order valence-electron chi connectivity index (χ0n) is 23.4. The number of nitrogen functional groups attached to an aromatic ring is 1. The van der Waals surface area contributed by atoms with Crippen LogP contribution in [0.1, 0.15) is 25.7 Å². The first-order valence-electron chi connectivity index (χ1n) is 14.3. The molecule has 0 aliphatic carbocycles.